The van der Waals surface area contributed by atoms with E-state index in [0.29, 0.717) is 10.8 Å². The van der Waals surface area contributed by atoms with Crippen LogP contribution in [-0.4, -0.2) is 22.1 Å². The second-order valence-electron chi connectivity index (χ2n) is 13.7. The summed E-state index contributed by atoms with van der Waals surface area (Å²) in [5.74, 6) is 0. The summed E-state index contributed by atoms with van der Waals surface area (Å²) >= 11 is 49.9. The van der Waals surface area contributed by atoms with Gasteiger partial charge in [-0.05, 0) is 77.4 Å². The van der Waals surface area contributed by atoms with Crippen molar-refractivity contribution in [3.8, 4) is 0 Å². The second-order valence-corrected chi connectivity index (χ2v) is 22.1. The molecule has 0 fully saturated rings. The van der Waals surface area contributed by atoms with Gasteiger partial charge in [-0.2, -0.15) is 0 Å². The van der Waals surface area contributed by atoms with Crippen molar-refractivity contribution in [1.29, 1.82) is 0 Å². The molecule has 7 aromatic rings. The Kier molecular flexibility index (Phi) is 15.9. The third-order valence-corrected chi connectivity index (χ3v) is 17.6. The molecule has 0 N–H and O–H groups in total. The number of rotatable bonds is 12. The minimum absolute atomic E-state index is 0.00150. The molecule has 0 amide bonds. The molecule has 6 nitrogen and oxygen atoms in total. The SMILES string of the molecule is CCCc1ccc(P(=O)(C(=O)c2c(Cl)cccc2Cl)C(=O)c2c(Cl)cccc2Cl)cc1.O=C(c1c(Cl)cccc1Cl)P(=O)(C(=O)c1c(Cl)cccc1Cl)c1cccc2ccccc12. The molecule has 0 saturated carbocycles. The lowest BCUT2D eigenvalue weighted by molar-refractivity contribution is 0.102. The van der Waals surface area contributed by atoms with Gasteiger partial charge in [0.15, 0.2) is 0 Å². The molecule has 0 atom stereocenters. The molecule has 7 aromatic carbocycles. The molecule has 0 radical (unpaired) electrons. The Morgan fingerprint density at radius 2 is 0.714 bits per heavy atom. The van der Waals surface area contributed by atoms with Gasteiger partial charge in [0.25, 0.3) is 0 Å². The van der Waals surface area contributed by atoms with Crippen molar-refractivity contribution >= 4 is 151 Å². The zero-order valence-corrected chi connectivity index (χ0v) is 40.4. The minimum atomic E-state index is -4.57. The van der Waals surface area contributed by atoms with Crippen LogP contribution in [0.4, 0.5) is 0 Å². The van der Waals surface area contributed by atoms with E-state index in [2.05, 4.69) is 0 Å². The zero-order chi connectivity index (χ0) is 45.8. The van der Waals surface area contributed by atoms with E-state index >= 15 is 0 Å². The number of hydrogen-bond donors (Lipinski definition) is 0. The highest BCUT2D eigenvalue weighted by Gasteiger charge is 2.47. The first-order valence-electron chi connectivity index (χ1n) is 18.7. The number of aryl methyl sites for hydroxylation is 1. The first kappa shape index (κ1) is 48.7. The van der Waals surface area contributed by atoms with Crippen LogP contribution in [0.2, 0.25) is 40.2 Å². The monoisotopic (exact) mass is 1030 g/mol. The molecule has 63 heavy (non-hydrogen) atoms. The number of halogens is 8. The summed E-state index contributed by atoms with van der Waals surface area (Å²) < 4.78 is 29.1. The first-order valence-corrected chi connectivity index (χ1v) is 25.2. The lowest BCUT2D eigenvalue weighted by Crippen LogP contribution is -2.22. The molecule has 0 aliphatic carbocycles. The quantitative estimate of drug-likeness (QED) is 0.113. The predicted molar refractivity (Wildman–Crippen MR) is 262 cm³/mol. The largest absolute Gasteiger partial charge is 0.302 e. The lowest BCUT2D eigenvalue weighted by atomic mass is 10.1. The van der Waals surface area contributed by atoms with Crippen LogP contribution in [0.3, 0.4) is 0 Å². The van der Waals surface area contributed by atoms with Crippen molar-refractivity contribution in [1.82, 2.24) is 0 Å². The van der Waals surface area contributed by atoms with Crippen molar-refractivity contribution in [2.75, 3.05) is 0 Å². The van der Waals surface area contributed by atoms with Crippen molar-refractivity contribution < 1.29 is 28.3 Å². The zero-order valence-electron chi connectivity index (χ0n) is 32.6. The van der Waals surface area contributed by atoms with Crippen LogP contribution in [0.15, 0.2) is 140 Å². The highest BCUT2D eigenvalue weighted by atomic mass is 35.5. The van der Waals surface area contributed by atoms with Gasteiger partial charge in [-0.15, -0.1) is 0 Å². The van der Waals surface area contributed by atoms with E-state index in [1.54, 1.807) is 72.8 Å². The van der Waals surface area contributed by atoms with Gasteiger partial charge in [0, 0.05) is 10.6 Å². The molecule has 16 heteroatoms. The van der Waals surface area contributed by atoms with Gasteiger partial charge < -0.3 is 9.13 Å². The molecule has 0 saturated heterocycles. The second kappa shape index (κ2) is 20.6. The Morgan fingerprint density at radius 3 is 1.08 bits per heavy atom. The molecule has 0 aliphatic rings. The maximum atomic E-state index is 14.7. The minimum Gasteiger partial charge on any atom is -0.302 e. The van der Waals surface area contributed by atoms with E-state index < -0.39 is 36.4 Å². The van der Waals surface area contributed by atoms with Gasteiger partial charge in [-0.3, -0.25) is 19.2 Å². The van der Waals surface area contributed by atoms with Crippen LogP contribution < -0.4 is 10.6 Å². The van der Waals surface area contributed by atoms with Gasteiger partial charge in [0.1, 0.15) is 0 Å². The molecular formula is C47H30Cl8O6P2. The van der Waals surface area contributed by atoms with Crippen LogP contribution in [-0.2, 0) is 15.6 Å². The van der Waals surface area contributed by atoms with Gasteiger partial charge in [0.2, 0.25) is 36.4 Å². The molecule has 0 unspecified atom stereocenters. The van der Waals surface area contributed by atoms with Gasteiger partial charge in [0.05, 0.1) is 62.4 Å². The third-order valence-electron chi connectivity index (χ3n) is 9.80. The van der Waals surface area contributed by atoms with Gasteiger partial charge in [-0.25, -0.2) is 0 Å². The van der Waals surface area contributed by atoms with Crippen LogP contribution in [0, 0.1) is 0 Å². The summed E-state index contributed by atoms with van der Waals surface area (Å²) in [5, 5.41) is 1.28. The fourth-order valence-corrected chi connectivity index (χ4v) is 14.4. The first-order chi connectivity index (χ1) is 30.0. The Hall–Kier alpha value is -3.74. The lowest BCUT2D eigenvalue weighted by Gasteiger charge is -2.20. The van der Waals surface area contributed by atoms with E-state index in [4.69, 9.17) is 92.8 Å². The van der Waals surface area contributed by atoms with Crippen molar-refractivity contribution in [3.05, 3.63) is 208 Å². The number of benzene rings is 7. The summed E-state index contributed by atoms with van der Waals surface area (Å²) in [4.78, 5) is 54.9. The Morgan fingerprint density at radius 1 is 0.397 bits per heavy atom. The van der Waals surface area contributed by atoms with Crippen LogP contribution in [0.25, 0.3) is 10.8 Å². The normalized spacial score (nSPS) is 11.4. The Balaban J connectivity index is 0.000000210. The topological polar surface area (TPSA) is 102 Å². The summed E-state index contributed by atoms with van der Waals surface area (Å²) in [6.45, 7) is 2.03. The predicted octanol–water partition coefficient (Wildman–Crippen LogP) is 16.0. The number of hydrogen-bond acceptors (Lipinski definition) is 6. The van der Waals surface area contributed by atoms with Crippen LogP contribution in [0.1, 0.15) is 60.3 Å². The van der Waals surface area contributed by atoms with Crippen LogP contribution in [0.5, 0.6) is 0 Å². The number of fused-ring (bicyclic) bond motifs is 1. The molecule has 7 rings (SSSR count). The van der Waals surface area contributed by atoms with E-state index in [0.717, 1.165) is 18.4 Å². The van der Waals surface area contributed by atoms with E-state index in [1.807, 2.05) is 6.92 Å². The average Bonchev–Trinajstić information content (AvgIpc) is 3.25. The molecule has 320 valence electrons. The molecule has 0 aromatic heterocycles. The Labute approximate surface area is 403 Å². The fourth-order valence-electron chi connectivity index (χ4n) is 6.72. The van der Waals surface area contributed by atoms with E-state index in [1.165, 1.54) is 66.7 Å². The standard InChI is InChI=1S/C24H13Cl4O3P.C23H17Cl4O3P/c25-16-9-4-10-17(26)21(16)23(29)32(31,24(30)22-18(27)11-5-12-19(22)28)20-13-3-7-14-6-1-2-8-15(14)20;1-2-5-14-10-12-15(13-11-14)31(30,22(28)20-16(24)6-3-7-17(20)25)23(29)21-18(26)8-4-9-19(21)27/h1-13H;3-4,6-13H,2,5H2,1H3. The average molecular weight is 1040 g/mol. The highest BCUT2D eigenvalue weighted by molar-refractivity contribution is 8.01. The molecule has 0 heterocycles. The third kappa shape index (κ3) is 9.65. The van der Waals surface area contributed by atoms with Crippen molar-refractivity contribution in [3.63, 3.8) is 0 Å². The van der Waals surface area contributed by atoms with Gasteiger partial charge in [-0.1, -0.05) is 191 Å². The van der Waals surface area contributed by atoms with Gasteiger partial charge >= 0.3 is 0 Å². The number of carbonyl (C=O) groups is 4. The summed E-state index contributed by atoms with van der Waals surface area (Å²) in [6.07, 6.45) is 1.72. The number of carbonyl (C=O) groups excluding carboxylic acids is 4. The summed E-state index contributed by atoms with van der Waals surface area (Å²) in [6, 6.07) is 36.3. The summed E-state index contributed by atoms with van der Waals surface area (Å²) in [7, 11) is -9.03. The molecular weight excluding hydrogens is 1010 g/mol. The maximum Gasteiger partial charge on any atom is 0.249 e. The smallest absolute Gasteiger partial charge is 0.249 e. The molecule has 0 bridgehead atoms. The maximum absolute atomic E-state index is 14.7. The van der Waals surface area contributed by atoms with Crippen LogP contribution >= 0.6 is 107 Å². The van der Waals surface area contributed by atoms with Crippen molar-refractivity contribution in [2.45, 2.75) is 19.8 Å². The Bertz CT molecular complexity index is 2840. The van der Waals surface area contributed by atoms with E-state index in [-0.39, 0.29) is 73.0 Å². The van der Waals surface area contributed by atoms with Crippen molar-refractivity contribution in [2.24, 2.45) is 0 Å². The van der Waals surface area contributed by atoms with E-state index in [9.17, 15) is 28.3 Å². The molecule has 0 aliphatic heterocycles. The highest BCUT2D eigenvalue weighted by Crippen LogP contribution is 2.56. The summed E-state index contributed by atoms with van der Waals surface area (Å²) in [5.41, 5.74) is -3.64. The fraction of sp³-hybridized carbons (Fsp3) is 0.0638. The molecule has 0 spiro atoms.